The van der Waals surface area contributed by atoms with E-state index in [4.69, 9.17) is 0 Å². The summed E-state index contributed by atoms with van der Waals surface area (Å²) in [6, 6.07) is 28.4. The van der Waals surface area contributed by atoms with E-state index in [9.17, 15) is 18.5 Å². The lowest BCUT2D eigenvalue weighted by Gasteiger charge is -2.22. The SMILES string of the molecule is Cc1cc(C)c(S(=O)(=O)NC(Cc2ccccc2)c2nnc(SCc3ccccc3)n2-c2ccc([N+](=O)[O-])cc2)c(C)c1. The summed E-state index contributed by atoms with van der Waals surface area (Å²) in [5.74, 6) is 0.974. The lowest BCUT2D eigenvalue weighted by Crippen LogP contribution is -2.33. The zero-order valence-electron chi connectivity index (χ0n) is 24.0. The van der Waals surface area contributed by atoms with E-state index in [2.05, 4.69) is 14.9 Å². The molecule has 43 heavy (non-hydrogen) atoms. The number of sulfonamides is 1. The monoisotopic (exact) mass is 613 g/mol. The summed E-state index contributed by atoms with van der Waals surface area (Å²) in [5, 5.41) is 20.9. The van der Waals surface area contributed by atoms with Crippen LogP contribution in [0.2, 0.25) is 0 Å². The van der Waals surface area contributed by atoms with Crippen LogP contribution in [0.3, 0.4) is 0 Å². The predicted molar refractivity (Wildman–Crippen MR) is 168 cm³/mol. The van der Waals surface area contributed by atoms with Crippen molar-refractivity contribution in [3.63, 3.8) is 0 Å². The Morgan fingerprint density at radius 3 is 2.02 bits per heavy atom. The quantitative estimate of drug-likeness (QED) is 0.101. The summed E-state index contributed by atoms with van der Waals surface area (Å²) < 4.78 is 32.7. The zero-order valence-corrected chi connectivity index (χ0v) is 25.6. The third-order valence-electron chi connectivity index (χ3n) is 6.95. The molecule has 0 fully saturated rings. The van der Waals surface area contributed by atoms with Gasteiger partial charge in [-0.3, -0.25) is 14.7 Å². The molecule has 1 unspecified atom stereocenters. The van der Waals surface area contributed by atoms with Gasteiger partial charge in [0.15, 0.2) is 11.0 Å². The van der Waals surface area contributed by atoms with Crippen LogP contribution in [0.1, 0.15) is 39.7 Å². The number of nitrogens with zero attached hydrogens (tertiary/aromatic N) is 4. The summed E-state index contributed by atoms with van der Waals surface area (Å²) in [5.41, 5.74) is 4.81. The van der Waals surface area contributed by atoms with E-state index in [0.29, 0.717) is 40.0 Å². The average molecular weight is 614 g/mol. The van der Waals surface area contributed by atoms with Crippen LogP contribution < -0.4 is 4.72 Å². The number of thioether (sulfide) groups is 1. The summed E-state index contributed by atoms with van der Waals surface area (Å²) >= 11 is 1.45. The second-order valence-corrected chi connectivity index (χ2v) is 12.9. The first-order chi connectivity index (χ1) is 20.6. The number of nitro benzene ring substituents is 1. The highest BCUT2D eigenvalue weighted by Gasteiger charge is 2.30. The molecule has 1 heterocycles. The van der Waals surface area contributed by atoms with Crippen molar-refractivity contribution >= 4 is 27.5 Å². The Bertz CT molecular complexity index is 1820. The molecule has 1 aromatic heterocycles. The van der Waals surface area contributed by atoms with Crippen molar-refractivity contribution in [3.8, 4) is 5.69 Å². The number of aromatic nitrogens is 3. The minimum absolute atomic E-state index is 0.0521. The number of hydrogen-bond donors (Lipinski definition) is 1. The molecule has 0 saturated heterocycles. The maximum Gasteiger partial charge on any atom is 0.269 e. The number of non-ortho nitro benzene ring substituents is 1. The molecule has 0 aliphatic rings. The molecule has 0 spiro atoms. The standard InChI is InChI=1S/C32H31N5O4S2/c1-22-18-23(2)30(24(3)19-22)43(40,41)35-29(20-25-10-6-4-7-11-25)31-33-34-32(42-21-26-12-8-5-9-13-26)36(31)27-14-16-28(17-15-27)37(38)39/h4-19,29,35H,20-21H2,1-3H3. The zero-order chi connectivity index (χ0) is 30.6. The molecule has 1 atom stereocenters. The van der Waals surface area contributed by atoms with E-state index in [0.717, 1.165) is 16.7 Å². The first kappa shape index (κ1) is 30.1. The van der Waals surface area contributed by atoms with E-state index in [1.54, 1.807) is 30.5 Å². The van der Waals surface area contributed by atoms with Crippen LogP contribution in [0.25, 0.3) is 5.69 Å². The van der Waals surface area contributed by atoms with Gasteiger partial charge in [0.25, 0.3) is 5.69 Å². The molecule has 9 nitrogen and oxygen atoms in total. The fraction of sp³-hybridized carbons (Fsp3) is 0.188. The van der Waals surface area contributed by atoms with Gasteiger partial charge in [0.1, 0.15) is 0 Å². The Kier molecular flexibility index (Phi) is 9.05. The van der Waals surface area contributed by atoms with Crippen molar-refractivity contribution in [2.75, 3.05) is 0 Å². The minimum atomic E-state index is -4.00. The first-order valence-corrected chi connectivity index (χ1v) is 16.1. The molecule has 0 saturated carbocycles. The van der Waals surface area contributed by atoms with Gasteiger partial charge in [-0.2, -0.15) is 0 Å². The van der Waals surface area contributed by atoms with Crippen LogP contribution in [-0.2, 0) is 22.2 Å². The summed E-state index contributed by atoms with van der Waals surface area (Å²) in [6.45, 7) is 5.51. The highest BCUT2D eigenvalue weighted by atomic mass is 32.2. The molecular weight excluding hydrogens is 583 g/mol. The van der Waals surface area contributed by atoms with E-state index in [-0.39, 0.29) is 10.6 Å². The van der Waals surface area contributed by atoms with Crippen LogP contribution in [0.5, 0.6) is 0 Å². The van der Waals surface area contributed by atoms with Crippen molar-refractivity contribution in [3.05, 3.63) is 141 Å². The highest BCUT2D eigenvalue weighted by molar-refractivity contribution is 7.98. The van der Waals surface area contributed by atoms with Crippen molar-refractivity contribution in [1.82, 2.24) is 19.5 Å². The molecular formula is C32H31N5O4S2. The fourth-order valence-electron chi connectivity index (χ4n) is 5.16. The number of nitro groups is 1. The molecule has 5 aromatic rings. The molecule has 5 rings (SSSR count). The Hall–Kier alpha value is -4.32. The molecule has 0 bridgehead atoms. The van der Waals surface area contributed by atoms with Gasteiger partial charge in [-0.05, 0) is 61.6 Å². The van der Waals surface area contributed by atoms with Crippen LogP contribution in [0.15, 0.2) is 107 Å². The van der Waals surface area contributed by atoms with E-state index < -0.39 is 21.0 Å². The van der Waals surface area contributed by atoms with Crippen LogP contribution in [0, 0.1) is 30.9 Å². The summed E-state index contributed by atoms with van der Waals surface area (Å²) in [6.07, 6.45) is 0.304. The maximum atomic E-state index is 14.0. The smallest absolute Gasteiger partial charge is 0.269 e. The van der Waals surface area contributed by atoms with Gasteiger partial charge in [0.2, 0.25) is 10.0 Å². The molecule has 0 aliphatic carbocycles. The van der Waals surface area contributed by atoms with Gasteiger partial charge in [-0.25, -0.2) is 13.1 Å². The van der Waals surface area contributed by atoms with Crippen molar-refractivity contribution in [2.45, 2.75) is 49.0 Å². The average Bonchev–Trinajstić information content (AvgIpc) is 3.40. The van der Waals surface area contributed by atoms with Crippen LogP contribution in [-0.4, -0.2) is 28.1 Å². The van der Waals surface area contributed by atoms with Gasteiger partial charge in [0.05, 0.1) is 15.9 Å². The topological polar surface area (TPSA) is 120 Å². The first-order valence-electron chi connectivity index (χ1n) is 13.6. The Balaban J connectivity index is 1.62. The van der Waals surface area contributed by atoms with Crippen molar-refractivity contribution in [2.24, 2.45) is 0 Å². The van der Waals surface area contributed by atoms with Gasteiger partial charge >= 0.3 is 0 Å². The molecule has 0 amide bonds. The third-order valence-corrected chi connectivity index (χ3v) is 9.73. The van der Waals surface area contributed by atoms with Gasteiger partial charge in [0, 0.05) is 23.6 Å². The lowest BCUT2D eigenvalue weighted by atomic mass is 10.1. The number of rotatable bonds is 11. The number of aryl methyl sites for hydroxylation is 3. The number of hydrogen-bond acceptors (Lipinski definition) is 7. The fourth-order valence-corrected chi connectivity index (χ4v) is 7.72. The summed E-state index contributed by atoms with van der Waals surface area (Å²) in [4.78, 5) is 11.1. The largest absolute Gasteiger partial charge is 0.273 e. The second-order valence-electron chi connectivity index (χ2n) is 10.3. The van der Waals surface area contributed by atoms with Crippen LogP contribution >= 0.6 is 11.8 Å². The highest BCUT2D eigenvalue weighted by Crippen LogP contribution is 2.31. The molecule has 11 heteroatoms. The maximum absolute atomic E-state index is 14.0. The van der Waals surface area contributed by atoms with Gasteiger partial charge in [-0.1, -0.05) is 90.1 Å². The van der Waals surface area contributed by atoms with E-state index in [1.165, 1.54) is 23.9 Å². The predicted octanol–water partition coefficient (Wildman–Crippen LogP) is 6.66. The molecule has 0 aliphatic heterocycles. The van der Waals surface area contributed by atoms with Gasteiger partial charge in [-0.15, -0.1) is 10.2 Å². The third kappa shape index (κ3) is 7.02. The second kappa shape index (κ2) is 12.9. The molecule has 0 radical (unpaired) electrons. The van der Waals surface area contributed by atoms with Crippen molar-refractivity contribution in [1.29, 1.82) is 0 Å². The molecule has 4 aromatic carbocycles. The van der Waals surface area contributed by atoms with Crippen molar-refractivity contribution < 1.29 is 13.3 Å². The normalized spacial score (nSPS) is 12.3. The lowest BCUT2D eigenvalue weighted by molar-refractivity contribution is -0.384. The minimum Gasteiger partial charge on any atom is -0.273 e. The van der Waals surface area contributed by atoms with Crippen LogP contribution in [0.4, 0.5) is 5.69 Å². The molecule has 220 valence electrons. The number of nitrogens with one attached hydrogen (secondary N) is 1. The number of benzene rings is 4. The Labute approximate surface area is 255 Å². The molecule has 1 N–H and O–H groups in total. The summed E-state index contributed by atoms with van der Waals surface area (Å²) in [7, 11) is -4.00. The van der Waals surface area contributed by atoms with E-state index in [1.807, 2.05) is 79.7 Å². The Morgan fingerprint density at radius 1 is 0.860 bits per heavy atom. The van der Waals surface area contributed by atoms with Gasteiger partial charge < -0.3 is 0 Å². The Morgan fingerprint density at radius 2 is 1.44 bits per heavy atom. The van der Waals surface area contributed by atoms with E-state index >= 15 is 0 Å².